The Bertz CT molecular complexity index is 1470. The Labute approximate surface area is 264 Å². The lowest BCUT2D eigenvalue weighted by Crippen LogP contribution is -2.48. The molecular weight excluding hydrogens is 619 g/mol. The van der Waals surface area contributed by atoms with Gasteiger partial charge in [-0.3, -0.25) is 9.59 Å². The van der Waals surface area contributed by atoms with Crippen molar-refractivity contribution in [3.05, 3.63) is 86.9 Å². The second-order valence-electron chi connectivity index (χ2n) is 9.84. The fraction of sp³-hybridized carbons (Fsp3) is 0.333. The number of amides is 2. The Morgan fingerprint density at radius 3 is 2.55 bits per heavy atom. The van der Waals surface area contributed by atoms with Gasteiger partial charge in [-0.15, -0.1) is 11.8 Å². The van der Waals surface area contributed by atoms with Crippen LogP contribution in [0.1, 0.15) is 29.7 Å². The molecule has 42 heavy (non-hydrogen) atoms. The zero-order valence-electron chi connectivity index (χ0n) is 23.2. The highest BCUT2D eigenvalue weighted by Crippen LogP contribution is 2.35. The van der Waals surface area contributed by atoms with Crippen LogP contribution in [0.2, 0.25) is 15.1 Å². The van der Waals surface area contributed by atoms with Crippen LogP contribution in [0, 0.1) is 5.92 Å². The van der Waals surface area contributed by atoms with Crippen molar-refractivity contribution < 1.29 is 19.1 Å². The van der Waals surface area contributed by atoms with Crippen molar-refractivity contribution in [3.63, 3.8) is 0 Å². The van der Waals surface area contributed by atoms with Gasteiger partial charge in [0.1, 0.15) is 6.04 Å². The average Bonchev–Trinajstić information content (AvgIpc) is 3.44. The van der Waals surface area contributed by atoms with E-state index in [9.17, 15) is 14.4 Å². The number of likely N-dealkylation sites (tertiary alicyclic amines) is 1. The molecule has 1 N–H and O–H groups in total. The molecule has 0 saturated carbocycles. The maximum absolute atomic E-state index is 13.1. The van der Waals surface area contributed by atoms with Gasteiger partial charge in [-0.25, -0.2) is 9.78 Å². The summed E-state index contributed by atoms with van der Waals surface area (Å²) >= 11 is 20.4. The van der Waals surface area contributed by atoms with Crippen molar-refractivity contribution in [2.75, 3.05) is 26.5 Å². The highest BCUT2D eigenvalue weighted by molar-refractivity contribution is 7.98. The third kappa shape index (κ3) is 8.10. The number of esters is 1. The lowest BCUT2D eigenvalue weighted by Gasteiger charge is -2.31. The second-order valence-corrected chi connectivity index (χ2v) is 11.8. The minimum absolute atomic E-state index is 0.171. The van der Waals surface area contributed by atoms with Crippen LogP contribution in [0.15, 0.2) is 59.9 Å². The summed E-state index contributed by atoms with van der Waals surface area (Å²) in [5.41, 5.74) is 2.23. The maximum Gasteiger partial charge on any atom is 0.328 e. The van der Waals surface area contributed by atoms with Crippen molar-refractivity contribution in [1.29, 1.82) is 0 Å². The average molecular weight is 650 g/mol. The monoisotopic (exact) mass is 648 g/mol. The molecule has 222 valence electrons. The van der Waals surface area contributed by atoms with Crippen LogP contribution >= 0.6 is 46.6 Å². The first-order valence-corrected chi connectivity index (χ1v) is 15.7. The van der Waals surface area contributed by atoms with Crippen LogP contribution < -0.4 is 5.32 Å². The molecule has 1 aliphatic rings. The molecule has 0 unspecified atom stereocenters. The number of methoxy groups -OCH3 is 1. The van der Waals surface area contributed by atoms with Crippen LogP contribution in [0.5, 0.6) is 0 Å². The first kappa shape index (κ1) is 31.9. The lowest BCUT2D eigenvalue weighted by molar-refractivity contribution is -0.145. The predicted molar refractivity (Wildman–Crippen MR) is 167 cm³/mol. The molecule has 1 saturated heterocycles. The van der Waals surface area contributed by atoms with E-state index in [2.05, 4.69) is 10.3 Å². The predicted octanol–water partition coefficient (Wildman–Crippen LogP) is 5.77. The molecule has 1 aromatic heterocycles. The molecule has 2 aromatic carbocycles. The SMILES string of the molecule is COC(=O)[C@H](Cc1cn(Cc2ccccc2Cl)cn1)NC(=O)C1CCN(C(=O)/C=C/c2ccc(SC)c(Cl)c2Cl)CC1. The molecule has 1 fully saturated rings. The Balaban J connectivity index is 1.31. The summed E-state index contributed by atoms with van der Waals surface area (Å²) in [6.07, 6.45) is 9.64. The fourth-order valence-corrected chi connectivity index (χ4v) is 6.09. The van der Waals surface area contributed by atoms with Crippen molar-refractivity contribution in [1.82, 2.24) is 19.8 Å². The van der Waals surface area contributed by atoms with Crippen LogP contribution in [-0.2, 0) is 32.1 Å². The summed E-state index contributed by atoms with van der Waals surface area (Å²) in [6, 6.07) is 10.3. The Kier molecular flexibility index (Phi) is 11.4. The largest absolute Gasteiger partial charge is 0.467 e. The van der Waals surface area contributed by atoms with Gasteiger partial charge < -0.3 is 19.5 Å². The van der Waals surface area contributed by atoms with Crippen molar-refractivity contribution in [2.45, 2.75) is 36.7 Å². The van der Waals surface area contributed by atoms with Gasteiger partial charge in [0.05, 0.1) is 29.2 Å². The molecule has 12 heteroatoms. The van der Waals surface area contributed by atoms with Gasteiger partial charge >= 0.3 is 5.97 Å². The number of imidazole rings is 1. The number of hydrogen-bond donors (Lipinski definition) is 1. The molecule has 0 radical (unpaired) electrons. The smallest absolute Gasteiger partial charge is 0.328 e. The van der Waals surface area contributed by atoms with Crippen LogP contribution in [0.4, 0.5) is 0 Å². The van der Waals surface area contributed by atoms with Gasteiger partial charge in [0, 0.05) is 54.2 Å². The highest BCUT2D eigenvalue weighted by Gasteiger charge is 2.30. The first-order valence-electron chi connectivity index (χ1n) is 13.3. The van der Waals surface area contributed by atoms with Crippen LogP contribution in [0.25, 0.3) is 6.08 Å². The summed E-state index contributed by atoms with van der Waals surface area (Å²) in [5.74, 6) is -1.31. The van der Waals surface area contributed by atoms with E-state index in [1.165, 1.54) is 24.9 Å². The van der Waals surface area contributed by atoms with E-state index < -0.39 is 12.0 Å². The second kappa shape index (κ2) is 15.0. The Hall–Kier alpha value is -2.98. The summed E-state index contributed by atoms with van der Waals surface area (Å²) in [5, 5.41) is 4.35. The molecular formula is C30H31Cl3N4O4S. The van der Waals surface area contributed by atoms with Gasteiger partial charge in [0.15, 0.2) is 0 Å². The molecule has 0 spiro atoms. The number of ether oxygens (including phenoxy) is 1. The zero-order chi connectivity index (χ0) is 30.2. The van der Waals surface area contributed by atoms with E-state index in [0.29, 0.717) is 58.8 Å². The van der Waals surface area contributed by atoms with E-state index in [0.717, 1.165) is 10.5 Å². The standard InChI is InChI=1S/C30H31Cl3N4O4S/c1-41-30(40)24(15-22-17-36(18-34-22)16-21-5-3-4-6-23(21)31)35-29(39)20-11-13-37(14-12-20)26(38)10-8-19-7-9-25(42-2)28(33)27(19)32/h3-10,17-18,20,24H,11-16H2,1-2H3,(H,35,39)/b10-8+/t24-/m0/s1. The summed E-state index contributed by atoms with van der Waals surface area (Å²) < 4.78 is 6.82. The highest BCUT2D eigenvalue weighted by atomic mass is 35.5. The summed E-state index contributed by atoms with van der Waals surface area (Å²) in [7, 11) is 1.29. The molecule has 8 nitrogen and oxygen atoms in total. The number of piperidine rings is 1. The first-order chi connectivity index (χ1) is 20.2. The minimum atomic E-state index is -0.886. The number of carbonyl (C=O) groups excluding carboxylic acids is 3. The normalized spacial score (nSPS) is 14.6. The quantitative estimate of drug-likeness (QED) is 0.170. The fourth-order valence-electron chi connectivity index (χ4n) is 4.72. The van der Waals surface area contributed by atoms with E-state index in [1.54, 1.807) is 17.3 Å². The summed E-state index contributed by atoms with van der Waals surface area (Å²) in [4.78, 5) is 45.4. The number of nitrogens with zero attached hydrogens (tertiary/aromatic N) is 3. The summed E-state index contributed by atoms with van der Waals surface area (Å²) in [6.45, 7) is 1.35. The maximum atomic E-state index is 13.1. The molecule has 1 aliphatic heterocycles. The molecule has 1 atom stereocenters. The van der Waals surface area contributed by atoms with Crippen molar-refractivity contribution in [2.24, 2.45) is 5.92 Å². The number of hydrogen-bond acceptors (Lipinski definition) is 6. The van der Waals surface area contributed by atoms with Gasteiger partial charge in [-0.2, -0.15) is 0 Å². The van der Waals surface area contributed by atoms with Gasteiger partial charge in [-0.05, 0) is 48.4 Å². The third-order valence-corrected chi connectivity index (χ3v) is 9.25. The van der Waals surface area contributed by atoms with Gasteiger partial charge in [-0.1, -0.05) is 59.1 Å². The number of nitrogens with one attached hydrogen (secondary N) is 1. The number of thioether (sulfide) groups is 1. The number of benzene rings is 2. The van der Waals surface area contributed by atoms with E-state index in [-0.39, 0.29) is 24.2 Å². The lowest BCUT2D eigenvalue weighted by atomic mass is 9.95. The van der Waals surface area contributed by atoms with Crippen molar-refractivity contribution in [3.8, 4) is 0 Å². The third-order valence-electron chi connectivity index (χ3n) is 7.09. The Morgan fingerprint density at radius 1 is 1.12 bits per heavy atom. The minimum Gasteiger partial charge on any atom is -0.467 e. The van der Waals surface area contributed by atoms with Crippen molar-refractivity contribution >= 4 is 70.4 Å². The molecule has 2 heterocycles. The molecule has 0 bridgehead atoms. The van der Waals surface area contributed by atoms with Crippen LogP contribution in [0.3, 0.4) is 0 Å². The van der Waals surface area contributed by atoms with E-state index in [1.807, 2.05) is 53.4 Å². The van der Waals surface area contributed by atoms with E-state index in [4.69, 9.17) is 39.5 Å². The van der Waals surface area contributed by atoms with E-state index >= 15 is 0 Å². The number of rotatable bonds is 10. The Morgan fingerprint density at radius 2 is 1.86 bits per heavy atom. The topological polar surface area (TPSA) is 93.5 Å². The number of aromatic nitrogens is 2. The number of carbonyl (C=O) groups is 3. The molecule has 4 rings (SSSR count). The molecule has 2 amide bonds. The van der Waals surface area contributed by atoms with Crippen LogP contribution in [-0.4, -0.2) is 64.7 Å². The zero-order valence-corrected chi connectivity index (χ0v) is 26.3. The van der Waals surface area contributed by atoms with Gasteiger partial charge in [0.25, 0.3) is 0 Å². The molecule has 0 aliphatic carbocycles. The molecule has 3 aromatic rings. The number of halogens is 3. The van der Waals surface area contributed by atoms with Gasteiger partial charge in [0.2, 0.25) is 11.8 Å².